The standard InChI is InChI=1S/C23H36N2O3/c1-8-25(9-2,10-3)18(4)16-21(26)24-20(22(27)28-23(5,6)7)17-19-14-12-11-13-15-19/h11-16,20H,8-10,17H2,1-7H3/p+1/b18-16+/t20-/m0/s1. The van der Waals surface area contributed by atoms with Crippen molar-refractivity contribution in [3.63, 3.8) is 0 Å². The number of nitrogens with one attached hydrogen (secondary N) is 1. The third kappa shape index (κ3) is 7.12. The molecule has 0 aromatic heterocycles. The van der Waals surface area contributed by atoms with Crippen LogP contribution in [0.5, 0.6) is 0 Å². The highest BCUT2D eigenvalue weighted by atomic mass is 16.6. The lowest BCUT2D eigenvalue weighted by atomic mass is 10.1. The summed E-state index contributed by atoms with van der Waals surface area (Å²) in [7, 11) is 0. The van der Waals surface area contributed by atoms with Crippen LogP contribution in [0.3, 0.4) is 0 Å². The molecule has 5 heteroatoms. The largest absolute Gasteiger partial charge is 0.458 e. The van der Waals surface area contributed by atoms with Crippen LogP contribution in [-0.4, -0.2) is 47.6 Å². The normalized spacial score (nSPS) is 13.8. The van der Waals surface area contributed by atoms with Crippen LogP contribution in [0.25, 0.3) is 0 Å². The second-order valence-corrected chi connectivity index (χ2v) is 8.16. The maximum Gasteiger partial charge on any atom is 0.329 e. The van der Waals surface area contributed by atoms with Gasteiger partial charge in [-0.05, 0) is 47.1 Å². The highest BCUT2D eigenvalue weighted by Crippen LogP contribution is 2.17. The molecule has 1 aromatic rings. The summed E-state index contributed by atoms with van der Waals surface area (Å²) in [6, 6.07) is 8.92. The summed E-state index contributed by atoms with van der Waals surface area (Å²) in [5.41, 5.74) is 1.36. The smallest absolute Gasteiger partial charge is 0.329 e. The molecule has 1 N–H and O–H groups in total. The molecule has 5 nitrogen and oxygen atoms in total. The van der Waals surface area contributed by atoms with Crippen LogP contribution in [-0.2, 0) is 20.7 Å². The van der Waals surface area contributed by atoms with E-state index in [1.807, 2.05) is 58.0 Å². The third-order valence-corrected chi connectivity index (χ3v) is 5.19. The lowest BCUT2D eigenvalue weighted by molar-refractivity contribution is -0.886. The van der Waals surface area contributed by atoms with Gasteiger partial charge >= 0.3 is 5.97 Å². The molecule has 1 rings (SSSR count). The minimum absolute atomic E-state index is 0.262. The molecule has 0 radical (unpaired) electrons. The van der Waals surface area contributed by atoms with Crippen LogP contribution >= 0.6 is 0 Å². The van der Waals surface area contributed by atoms with Gasteiger partial charge in [-0.1, -0.05) is 30.3 Å². The number of hydrogen-bond donors (Lipinski definition) is 1. The number of ether oxygens (including phenoxy) is 1. The highest BCUT2D eigenvalue weighted by Gasteiger charge is 2.28. The number of rotatable bonds is 9. The van der Waals surface area contributed by atoms with Crippen LogP contribution < -0.4 is 5.32 Å². The molecule has 0 saturated heterocycles. The van der Waals surface area contributed by atoms with Crippen molar-refractivity contribution < 1.29 is 18.8 Å². The zero-order chi connectivity index (χ0) is 21.4. The summed E-state index contributed by atoms with van der Waals surface area (Å²) in [5, 5.41) is 2.86. The average molecular weight is 390 g/mol. The van der Waals surface area contributed by atoms with E-state index in [4.69, 9.17) is 4.74 Å². The Labute approximate surface area is 170 Å². The van der Waals surface area contributed by atoms with Gasteiger partial charge in [0.1, 0.15) is 17.3 Å². The fourth-order valence-electron chi connectivity index (χ4n) is 3.38. The van der Waals surface area contributed by atoms with E-state index in [0.717, 1.165) is 35.4 Å². The van der Waals surface area contributed by atoms with Gasteiger partial charge in [-0.3, -0.25) is 9.28 Å². The number of carbonyl (C=O) groups is 2. The van der Waals surface area contributed by atoms with Crippen molar-refractivity contribution in [3.8, 4) is 0 Å². The summed E-state index contributed by atoms with van der Waals surface area (Å²) in [6.07, 6.45) is 2.02. The van der Waals surface area contributed by atoms with Crippen molar-refractivity contribution >= 4 is 11.9 Å². The molecule has 1 amide bonds. The van der Waals surface area contributed by atoms with E-state index in [2.05, 4.69) is 26.1 Å². The van der Waals surface area contributed by atoms with E-state index in [1.165, 1.54) is 0 Å². The van der Waals surface area contributed by atoms with Crippen molar-refractivity contribution in [1.29, 1.82) is 0 Å². The third-order valence-electron chi connectivity index (χ3n) is 5.19. The SMILES string of the molecule is CC[N+](CC)(CC)/C(C)=C/C(=O)N[C@@H](Cc1ccccc1)C(=O)OC(C)(C)C. The molecule has 0 fully saturated rings. The van der Waals surface area contributed by atoms with Gasteiger partial charge in [0.25, 0.3) is 0 Å². The summed E-state index contributed by atoms with van der Waals surface area (Å²) in [5.74, 6) is -0.680. The van der Waals surface area contributed by atoms with Gasteiger partial charge in [0, 0.05) is 13.3 Å². The van der Waals surface area contributed by atoms with Crippen LogP contribution in [0, 0.1) is 0 Å². The highest BCUT2D eigenvalue weighted by molar-refractivity contribution is 5.92. The monoisotopic (exact) mass is 389 g/mol. The molecule has 0 unspecified atom stereocenters. The Morgan fingerprint density at radius 3 is 2.07 bits per heavy atom. The van der Waals surface area contributed by atoms with Gasteiger partial charge in [0.2, 0.25) is 5.91 Å². The fraction of sp³-hybridized carbons (Fsp3) is 0.565. The molecule has 0 aliphatic carbocycles. The van der Waals surface area contributed by atoms with E-state index < -0.39 is 17.6 Å². The Morgan fingerprint density at radius 2 is 1.61 bits per heavy atom. The molecule has 1 aromatic carbocycles. The van der Waals surface area contributed by atoms with Gasteiger partial charge in [-0.2, -0.15) is 0 Å². The van der Waals surface area contributed by atoms with Crippen LogP contribution in [0.4, 0.5) is 0 Å². The Hall–Kier alpha value is -2.14. The lowest BCUT2D eigenvalue weighted by Crippen LogP contribution is -2.47. The zero-order valence-electron chi connectivity index (χ0n) is 18.5. The van der Waals surface area contributed by atoms with Crippen LogP contribution in [0.15, 0.2) is 42.1 Å². The number of hydrogen-bond acceptors (Lipinski definition) is 3. The number of nitrogens with zero attached hydrogens (tertiary/aromatic N) is 1. The fourth-order valence-corrected chi connectivity index (χ4v) is 3.38. The first kappa shape index (κ1) is 23.9. The van der Waals surface area contributed by atoms with E-state index in [-0.39, 0.29) is 5.91 Å². The Morgan fingerprint density at radius 1 is 1.07 bits per heavy atom. The molecule has 1 atom stereocenters. The number of benzene rings is 1. The quantitative estimate of drug-likeness (QED) is 0.397. The van der Waals surface area contributed by atoms with Gasteiger partial charge in [0.15, 0.2) is 0 Å². The van der Waals surface area contributed by atoms with Crippen molar-refractivity contribution in [3.05, 3.63) is 47.7 Å². The minimum atomic E-state index is -0.732. The Balaban J connectivity index is 3.03. The topological polar surface area (TPSA) is 55.4 Å². The number of quaternary nitrogens is 1. The van der Waals surface area contributed by atoms with Crippen molar-refractivity contribution in [2.75, 3.05) is 19.6 Å². The molecular weight excluding hydrogens is 352 g/mol. The summed E-state index contributed by atoms with van der Waals surface area (Å²) in [6.45, 7) is 16.6. The summed E-state index contributed by atoms with van der Waals surface area (Å²) >= 11 is 0. The van der Waals surface area contributed by atoms with Gasteiger partial charge in [-0.25, -0.2) is 4.79 Å². The lowest BCUT2D eigenvalue weighted by Gasteiger charge is -2.35. The second-order valence-electron chi connectivity index (χ2n) is 8.16. The van der Waals surface area contributed by atoms with Crippen molar-refractivity contribution in [2.45, 2.75) is 66.5 Å². The molecule has 0 spiro atoms. The van der Waals surface area contributed by atoms with Gasteiger partial charge in [0.05, 0.1) is 25.7 Å². The second kappa shape index (κ2) is 10.4. The zero-order valence-corrected chi connectivity index (χ0v) is 18.5. The van der Waals surface area contributed by atoms with Crippen molar-refractivity contribution in [2.24, 2.45) is 0 Å². The van der Waals surface area contributed by atoms with E-state index >= 15 is 0 Å². The van der Waals surface area contributed by atoms with Crippen LogP contribution in [0.2, 0.25) is 0 Å². The average Bonchev–Trinajstić information content (AvgIpc) is 2.62. The molecule has 0 aliphatic heterocycles. The minimum Gasteiger partial charge on any atom is -0.458 e. The molecule has 0 aliphatic rings. The van der Waals surface area contributed by atoms with E-state index in [0.29, 0.717) is 6.42 Å². The van der Waals surface area contributed by atoms with Gasteiger partial charge in [-0.15, -0.1) is 0 Å². The Kier molecular flexibility index (Phi) is 8.89. The molecule has 28 heavy (non-hydrogen) atoms. The molecular formula is C23H37N2O3+. The van der Waals surface area contributed by atoms with Crippen molar-refractivity contribution in [1.82, 2.24) is 5.32 Å². The van der Waals surface area contributed by atoms with E-state index in [1.54, 1.807) is 6.08 Å². The first-order chi connectivity index (χ1) is 13.1. The predicted octanol–water partition coefficient (Wildman–Crippen LogP) is 3.84. The number of carbonyl (C=O) groups excluding carboxylic acids is 2. The summed E-state index contributed by atoms with van der Waals surface area (Å²) < 4.78 is 6.28. The van der Waals surface area contributed by atoms with E-state index in [9.17, 15) is 9.59 Å². The van der Waals surface area contributed by atoms with Crippen LogP contribution in [0.1, 0.15) is 54.0 Å². The molecule has 0 heterocycles. The maximum absolute atomic E-state index is 12.7. The summed E-state index contributed by atoms with van der Waals surface area (Å²) in [4.78, 5) is 25.4. The molecule has 0 bridgehead atoms. The molecule has 156 valence electrons. The van der Waals surface area contributed by atoms with Gasteiger partial charge < -0.3 is 10.1 Å². The molecule has 0 saturated carbocycles. The maximum atomic E-state index is 12.7. The number of amides is 1. The number of allylic oxidation sites excluding steroid dienone is 1. The first-order valence-electron chi connectivity index (χ1n) is 10.2. The predicted molar refractivity (Wildman–Crippen MR) is 114 cm³/mol. The Bertz CT molecular complexity index is 663. The number of esters is 1. The first-order valence-corrected chi connectivity index (χ1v) is 10.2.